The van der Waals surface area contributed by atoms with Crippen molar-refractivity contribution in [3.05, 3.63) is 11.6 Å². The van der Waals surface area contributed by atoms with Crippen LogP contribution in [0, 0.1) is 11.8 Å². The van der Waals surface area contributed by atoms with E-state index in [0.717, 1.165) is 11.8 Å². The smallest absolute Gasteiger partial charge is 0.0200 e. The molecule has 0 aromatic heterocycles. The predicted molar refractivity (Wildman–Crippen MR) is 41.3 cm³/mol. The summed E-state index contributed by atoms with van der Waals surface area (Å²) in [6.07, 6.45) is 5.23. The van der Waals surface area contributed by atoms with Crippen LogP contribution >= 0.6 is 0 Å². The number of hydrogen-bond acceptors (Lipinski definition) is 0. The van der Waals surface area contributed by atoms with E-state index in [0.29, 0.717) is 0 Å². The first-order valence-corrected chi connectivity index (χ1v) is 3.89. The molecule has 0 saturated heterocycles. The second-order valence-electron chi connectivity index (χ2n) is 3.31. The summed E-state index contributed by atoms with van der Waals surface area (Å²) >= 11 is 0. The maximum atomic E-state index is 2.41. The average molecular weight is 124 g/mol. The molecule has 52 valence electrons. The van der Waals surface area contributed by atoms with Gasteiger partial charge in [0.2, 0.25) is 0 Å². The molecule has 1 saturated carbocycles. The summed E-state index contributed by atoms with van der Waals surface area (Å²) in [6.45, 7) is 6.65. The summed E-state index contributed by atoms with van der Waals surface area (Å²) in [5.41, 5.74) is 1.48. The Kier molecular flexibility index (Phi) is 1.94. The summed E-state index contributed by atoms with van der Waals surface area (Å²) < 4.78 is 0. The van der Waals surface area contributed by atoms with Crippen LogP contribution in [0.2, 0.25) is 0 Å². The van der Waals surface area contributed by atoms with Crippen LogP contribution in [0.1, 0.15) is 33.6 Å². The lowest BCUT2D eigenvalue weighted by atomic mass is 10.2. The molecule has 0 spiro atoms. The normalized spacial score (nSPS) is 31.9. The third-order valence-corrected chi connectivity index (χ3v) is 2.05. The quantitative estimate of drug-likeness (QED) is 0.496. The van der Waals surface area contributed by atoms with Crippen molar-refractivity contribution in [3.8, 4) is 0 Å². The van der Waals surface area contributed by atoms with Gasteiger partial charge in [-0.3, -0.25) is 0 Å². The first kappa shape index (κ1) is 6.85. The zero-order valence-corrected chi connectivity index (χ0v) is 6.65. The summed E-state index contributed by atoms with van der Waals surface area (Å²) in [5, 5.41) is 0. The lowest BCUT2D eigenvalue weighted by molar-refractivity contribution is 0.753. The Hall–Kier alpha value is -0.260. The molecule has 0 N–H and O–H groups in total. The third kappa shape index (κ3) is 1.85. The molecule has 0 radical (unpaired) electrons. The Labute approximate surface area is 58.0 Å². The van der Waals surface area contributed by atoms with Crippen LogP contribution in [0.4, 0.5) is 0 Å². The van der Waals surface area contributed by atoms with Crippen molar-refractivity contribution < 1.29 is 0 Å². The molecule has 0 amide bonds. The molecule has 0 aliphatic heterocycles. The Morgan fingerprint density at radius 2 is 2.22 bits per heavy atom. The van der Waals surface area contributed by atoms with Gasteiger partial charge in [0, 0.05) is 0 Å². The predicted octanol–water partition coefficient (Wildman–Crippen LogP) is 3.00. The highest BCUT2D eigenvalue weighted by atomic mass is 14.4. The molecule has 1 rings (SSSR count). The van der Waals surface area contributed by atoms with Crippen molar-refractivity contribution >= 4 is 0 Å². The molecule has 1 aliphatic rings. The van der Waals surface area contributed by atoms with E-state index in [4.69, 9.17) is 0 Å². The fourth-order valence-corrected chi connectivity index (χ4v) is 1.37. The minimum absolute atomic E-state index is 0.944. The van der Waals surface area contributed by atoms with Gasteiger partial charge in [-0.1, -0.05) is 25.0 Å². The minimum atomic E-state index is 0.944. The largest absolute Gasteiger partial charge is 0.0825 e. The van der Waals surface area contributed by atoms with Crippen molar-refractivity contribution in [1.29, 1.82) is 0 Å². The van der Waals surface area contributed by atoms with Gasteiger partial charge in [-0.15, -0.1) is 0 Å². The molecule has 0 aromatic rings. The van der Waals surface area contributed by atoms with Gasteiger partial charge in [-0.25, -0.2) is 0 Å². The highest BCUT2D eigenvalue weighted by Crippen LogP contribution is 2.42. The number of rotatable bonds is 2. The molecule has 0 aromatic carbocycles. The maximum absolute atomic E-state index is 2.41. The third-order valence-electron chi connectivity index (χ3n) is 2.05. The average Bonchev–Trinajstić information content (AvgIpc) is 2.45. The van der Waals surface area contributed by atoms with E-state index in [1.54, 1.807) is 0 Å². The topological polar surface area (TPSA) is 0 Å². The van der Waals surface area contributed by atoms with Crippen LogP contribution in [0.15, 0.2) is 11.6 Å². The van der Waals surface area contributed by atoms with Crippen molar-refractivity contribution in [2.45, 2.75) is 33.6 Å². The van der Waals surface area contributed by atoms with Crippen molar-refractivity contribution in [1.82, 2.24) is 0 Å². The zero-order valence-electron chi connectivity index (χ0n) is 6.65. The monoisotopic (exact) mass is 124 g/mol. The van der Waals surface area contributed by atoms with E-state index in [2.05, 4.69) is 26.8 Å². The van der Waals surface area contributed by atoms with E-state index in [-0.39, 0.29) is 0 Å². The molecule has 0 bridgehead atoms. The zero-order chi connectivity index (χ0) is 6.85. The molecule has 1 fully saturated rings. The molecule has 0 heteroatoms. The van der Waals surface area contributed by atoms with Gasteiger partial charge in [-0.2, -0.15) is 0 Å². The lowest BCUT2D eigenvalue weighted by Crippen LogP contribution is -1.75. The molecule has 0 nitrogen and oxygen atoms in total. The molecular formula is C9H16. The van der Waals surface area contributed by atoms with Gasteiger partial charge >= 0.3 is 0 Å². The molecule has 9 heavy (non-hydrogen) atoms. The number of allylic oxidation sites excluding steroid dienone is 2. The Bertz CT molecular complexity index is 118. The van der Waals surface area contributed by atoms with Crippen LogP contribution in [0.5, 0.6) is 0 Å². The Morgan fingerprint density at radius 3 is 2.56 bits per heavy atom. The minimum Gasteiger partial charge on any atom is -0.0825 e. The van der Waals surface area contributed by atoms with Crippen LogP contribution in [-0.4, -0.2) is 0 Å². The van der Waals surface area contributed by atoms with Crippen molar-refractivity contribution in [3.63, 3.8) is 0 Å². The molecule has 2 atom stereocenters. The highest BCUT2D eigenvalue weighted by molar-refractivity contribution is 5.06. The van der Waals surface area contributed by atoms with Crippen LogP contribution < -0.4 is 0 Å². The summed E-state index contributed by atoms with van der Waals surface area (Å²) in [4.78, 5) is 0. The van der Waals surface area contributed by atoms with E-state index < -0.39 is 0 Å². The van der Waals surface area contributed by atoms with Gasteiger partial charge in [0.15, 0.2) is 0 Å². The second-order valence-corrected chi connectivity index (χ2v) is 3.31. The Morgan fingerprint density at radius 1 is 1.56 bits per heavy atom. The second kappa shape index (κ2) is 2.55. The number of hydrogen-bond donors (Lipinski definition) is 0. The Balaban J connectivity index is 2.27. The van der Waals surface area contributed by atoms with Crippen LogP contribution in [0.3, 0.4) is 0 Å². The van der Waals surface area contributed by atoms with Gasteiger partial charge in [0.1, 0.15) is 0 Å². The fourth-order valence-electron chi connectivity index (χ4n) is 1.37. The molecule has 2 unspecified atom stereocenters. The lowest BCUT2D eigenvalue weighted by Gasteiger charge is -1.88. The van der Waals surface area contributed by atoms with Crippen LogP contribution in [-0.2, 0) is 0 Å². The fraction of sp³-hybridized carbons (Fsp3) is 0.778. The molecular weight excluding hydrogens is 108 g/mol. The van der Waals surface area contributed by atoms with E-state index in [9.17, 15) is 0 Å². The summed E-state index contributed by atoms with van der Waals surface area (Å²) in [6, 6.07) is 0. The highest BCUT2D eigenvalue weighted by Gasteiger charge is 2.32. The summed E-state index contributed by atoms with van der Waals surface area (Å²) in [7, 11) is 0. The van der Waals surface area contributed by atoms with Gasteiger partial charge < -0.3 is 0 Å². The van der Waals surface area contributed by atoms with E-state index >= 15 is 0 Å². The molecule has 1 aliphatic carbocycles. The first-order valence-electron chi connectivity index (χ1n) is 3.89. The molecule has 0 heterocycles. The maximum Gasteiger partial charge on any atom is -0.0200 e. The SMILES string of the molecule is CCC1CC1C=C(C)C. The van der Waals surface area contributed by atoms with Crippen molar-refractivity contribution in [2.75, 3.05) is 0 Å². The van der Waals surface area contributed by atoms with Gasteiger partial charge in [0.25, 0.3) is 0 Å². The van der Waals surface area contributed by atoms with Gasteiger partial charge in [-0.05, 0) is 32.1 Å². The van der Waals surface area contributed by atoms with Crippen molar-refractivity contribution in [2.24, 2.45) is 11.8 Å². The standard InChI is InChI=1S/C9H16/c1-4-8-6-9(8)5-7(2)3/h5,8-9H,4,6H2,1-3H3. The van der Waals surface area contributed by atoms with E-state index in [1.807, 2.05) is 0 Å². The first-order chi connectivity index (χ1) is 4.24. The summed E-state index contributed by atoms with van der Waals surface area (Å²) in [5.74, 6) is 1.97. The van der Waals surface area contributed by atoms with Gasteiger partial charge in [0.05, 0.1) is 0 Å². The van der Waals surface area contributed by atoms with E-state index in [1.165, 1.54) is 18.4 Å². The van der Waals surface area contributed by atoms with Crippen LogP contribution in [0.25, 0.3) is 0 Å².